The molecule has 1 aromatic carbocycles. The molecular weight excluding hydrogens is 398 g/mol. The highest BCUT2D eigenvalue weighted by molar-refractivity contribution is 6.00. The number of carbonyl (C=O) groups is 1. The van der Waals surface area contributed by atoms with Crippen LogP contribution in [0.3, 0.4) is 0 Å². The van der Waals surface area contributed by atoms with Crippen LogP contribution in [0.25, 0.3) is 11.1 Å². The van der Waals surface area contributed by atoms with E-state index >= 15 is 0 Å². The third-order valence-electron chi connectivity index (χ3n) is 7.00. The molecule has 1 unspecified atom stereocenters. The molecule has 0 aliphatic carbocycles. The van der Waals surface area contributed by atoms with E-state index in [9.17, 15) is 4.79 Å². The molecule has 0 fully saturated rings. The van der Waals surface area contributed by atoms with Gasteiger partial charge in [-0.3, -0.25) is 9.78 Å². The summed E-state index contributed by atoms with van der Waals surface area (Å²) in [5.41, 5.74) is 7.61. The van der Waals surface area contributed by atoms with E-state index in [1.165, 1.54) is 5.56 Å². The highest BCUT2D eigenvalue weighted by atomic mass is 16.2. The van der Waals surface area contributed by atoms with Crippen LogP contribution in [0.5, 0.6) is 0 Å². The zero-order valence-electron chi connectivity index (χ0n) is 19.3. The largest absolute Gasteiger partial charge is 0.362 e. The molecular formula is C26H29N5O. The lowest BCUT2D eigenvalue weighted by Crippen LogP contribution is -2.58. The average Bonchev–Trinajstić information content (AvgIpc) is 3.20. The van der Waals surface area contributed by atoms with Gasteiger partial charge in [0.15, 0.2) is 6.17 Å². The van der Waals surface area contributed by atoms with Crippen LogP contribution in [-0.4, -0.2) is 22.6 Å². The van der Waals surface area contributed by atoms with Gasteiger partial charge in [-0.05, 0) is 68.0 Å². The molecule has 5 rings (SSSR count). The Kier molecular flexibility index (Phi) is 4.59. The van der Waals surface area contributed by atoms with E-state index in [-0.39, 0.29) is 17.6 Å². The molecule has 0 saturated carbocycles. The van der Waals surface area contributed by atoms with Crippen molar-refractivity contribution in [2.75, 3.05) is 0 Å². The highest BCUT2D eigenvalue weighted by Gasteiger charge is 2.53. The standard InChI is InChI=1S/C26H29N5O/c1-6-26(18-9-7-8-17(10-18)21-15(2)12-27-13-16(21)3)19-14-28-31-23(19)29-20-11-25(4,5)30-24(32)22(20)26/h7-10,12-14,23,29H,6,11H2,1-5H3,(H,30,32)/t23?,26-/m0/s1. The van der Waals surface area contributed by atoms with Crippen LogP contribution >= 0.6 is 0 Å². The predicted octanol–water partition coefficient (Wildman–Crippen LogP) is 4.84. The minimum absolute atomic E-state index is 0.0153. The fraction of sp³-hybridized carbons (Fsp3) is 0.385. The molecule has 2 atom stereocenters. The van der Waals surface area contributed by atoms with Gasteiger partial charge in [0.2, 0.25) is 0 Å². The van der Waals surface area contributed by atoms with Crippen molar-refractivity contribution in [2.45, 2.75) is 64.6 Å². The third-order valence-corrected chi connectivity index (χ3v) is 7.00. The van der Waals surface area contributed by atoms with E-state index in [1.54, 1.807) is 0 Å². The second kappa shape index (κ2) is 7.12. The number of aromatic nitrogens is 1. The number of fused-ring (bicyclic) bond motifs is 1. The van der Waals surface area contributed by atoms with Crippen molar-refractivity contribution in [1.29, 1.82) is 0 Å². The van der Waals surface area contributed by atoms with Crippen molar-refractivity contribution in [3.8, 4) is 11.1 Å². The molecule has 6 nitrogen and oxygen atoms in total. The monoisotopic (exact) mass is 427 g/mol. The second-order valence-electron chi connectivity index (χ2n) is 9.72. The Morgan fingerprint density at radius 1 is 1.16 bits per heavy atom. The van der Waals surface area contributed by atoms with Crippen LogP contribution in [0.2, 0.25) is 0 Å². The van der Waals surface area contributed by atoms with E-state index in [0.29, 0.717) is 0 Å². The highest BCUT2D eigenvalue weighted by Crippen LogP contribution is 2.51. The maximum atomic E-state index is 13.5. The summed E-state index contributed by atoms with van der Waals surface area (Å²) in [5.74, 6) is -0.0153. The summed E-state index contributed by atoms with van der Waals surface area (Å²) >= 11 is 0. The van der Waals surface area contributed by atoms with Gasteiger partial charge in [0, 0.05) is 35.6 Å². The first-order valence-electron chi connectivity index (χ1n) is 11.2. The molecule has 1 aromatic heterocycles. The minimum Gasteiger partial charge on any atom is -0.362 e. The first-order valence-corrected chi connectivity index (χ1v) is 11.2. The van der Waals surface area contributed by atoms with E-state index in [1.807, 2.05) is 18.6 Å². The fourth-order valence-corrected chi connectivity index (χ4v) is 5.70. The van der Waals surface area contributed by atoms with Gasteiger partial charge in [-0.25, -0.2) is 0 Å². The van der Waals surface area contributed by atoms with Crippen molar-refractivity contribution in [2.24, 2.45) is 10.2 Å². The Balaban J connectivity index is 1.76. The molecule has 0 radical (unpaired) electrons. The lowest BCUT2D eigenvalue weighted by Gasteiger charge is -2.48. The van der Waals surface area contributed by atoms with Gasteiger partial charge in [-0.15, -0.1) is 0 Å². The Labute approximate surface area is 188 Å². The van der Waals surface area contributed by atoms with E-state index in [4.69, 9.17) is 0 Å². The molecule has 2 aromatic rings. The smallest absolute Gasteiger partial charge is 0.250 e. The summed E-state index contributed by atoms with van der Waals surface area (Å²) < 4.78 is 0. The lowest BCUT2D eigenvalue weighted by molar-refractivity contribution is -0.120. The number of nitrogens with one attached hydrogen (secondary N) is 2. The van der Waals surface area contributed by atoms with Crippen molar-refractivity contribution >= 4 is 5.91 Å². The number of amides is 1. The van der Waals surface area contributed by atoms with Crippen LogP contribution in [0.15, 0.2) is 69.9 Å². The number of pyridine rings is 1. The Morgan fingerprint density at radius 2 is 1.91 bits per heavy atom. The lowest BCUT2D eigenvalue weighted by atomic mass is 9.62. The Morgan fingerprint density at radius 3 is 2.62 bits per heavy atom. The second-order valence-corrected chi connectivity index (χ2v) is 9.72. The topological polar surface area (TPSA) is 78.7 Å². The van der Waals surface area contributed by atoms with Gasteiger partial charge < -0.3 is 10.6 Å². The molecule has 3 aliphatic heterocycles. The predicted molar refractivity (Wildman–Crippen MR) is 125 cm³/mol. The zero-order chi connectivity index (χ0) is 22.7. The molecule has 2 N–H and O–H groups in total. The maximum Gasteiger partial charge on any atom is 0.250 e. The maximum absolute atomic E-state index is 13.5. The van der Waals surface area contributed by atoms with Gasteiger partial charge >= 0.3 is 0 Å². The number of azo groups is 1. The van der Waals surface area contributed by atoms with Crippen LogP contribution < -0.4 is 10.6 Å². The summed E-state index contributed by atoms with van der Waals surface area (Å²) in [5, 5.41) is 15.4. The SMILES string of the molecule is CC[C@]1(c2cccc(-c3c(C)cncc3C)c2)C2=CN=NC2NC2=C1C(=O)NC(C)(C)C2. The Hall–Kier alpha value is -3.28. The zero-order valence-corrected chi connectivity index (χ0v) is 19.3. The molecule has 0 bridgehead atoms. The first kappa shape index (κ1) is 20.6. The number of benzene rings is 1. The molecule has 164 valence electrons. The Bertz CT molecular complexity index is 1200. The van der Waals surface area contributed by atoms with Crippen LogP contribution in [0, 0.1) is 13.8 Å². The van der Waals surface area contributed by atoms with Gasteiger partial charge in [-0.2, -0.15) is 10.2 Å². The number of hydrogen-bond acceptors (Lipinski definition) is 5. The number of aryl methyl sites for hydroxylation is 2. The molecule has 4 heterocycles. The average molecular weight is 428 g/mol. The summed E-state index contributed by atoms with van der Waals surface area (Å²) in [7, 11) is 0. The van der Waals surface area contributed by atoms with Crippen LogP contribution in [0.1, 0.15) is 50.3 Å². The molecule has 0 saturated heterocycles. The van der Waals surface area contributed by atoms with E-state index < -0.39 is 5.41 Å². The van der Waals surface area contributed by atoms with E-state index in [2.05, 4.69) is 84.7 Å². The molecule has 0 spiro atoms. The number of hydrogen-bond donors (Lipinski definition) is 2. The number of carbonyl (C=O) groups excluding carboxylic acids is 1. The number of rotatable bonds is 3. The third kappa shape index (κ3) is 2.93. The van der Waals surface area contributed by atoms with Crippen LogP contribution in [0.4, 0.5) is 0 Å². The van der Waals surface area contributed by atoms with Crippen molar-refractivity contribution in [3.63, 3.8) is 0 Å². The summed E-state index contributed by atoms with van der Waals surface area (Å²) in [6, 6.07) is 8.60. The van der Waals surface area contributed by atoms with Gasteiger partial charge in [0.1, 0.15) is 0 Å². The molecule has 32 heavy (non-hydrogen) atoms. The summed E-state index contributed by atoms with van der Waals surface area (Å²) in [6.07, 6.45) is 6.89. The molecule has 1 amide bonds. The normalized spacial score (nSPS) is 25.6. The quantitative estimate of drug-likeness (QED) is 0.735. The van der Waals surface area contributed by atoms with Gasteiger partial charge in [-0.1, -0.05) is 25.1 Å². The number of nitrogens with zero attached hydrogens (tertiary/aromatic N) is 3. The van der Waals surface area contributed by atoms with Crippen molar-refractivity contribution in [1.82, 2.24) is 15.6 Å². The molecule has 3 aliphatic rings. The van der Waals surface area contributed by atoms with Gasteiger partial charge in [0.05, 0.1) is 17.2 Å². The summed E-state index contributed by atoms with van der Waals surface area (Å²) in [6.45, 7) is 10.4. The first-order chi connectivity index (χ1) is 15.3. The van der Waals surface area contributed by atoms with Crippen molar-refractivity contribution in [3.05, 3.63) is 76.4 Å². The minimum atomic E-state index is -0.583. The fourth-order valence-electron chi connectivity index (χ4n) is 5.70. The van der Waals surface area contributed by atoms with Crippen LogP contribution in [-0.2, 0) is 10.2 Å². The summed E-state index contributed by atoms with van der Waals surface area (Å²) in [4.78, 5) is 17.9. The van der Waals surface area contributed by atoms with E-state index in [0.717, 1.165) is 51.9 Å². The van der Waals surface area contributed by atoms with Gasteiger partial charge in [0.25, 0.3) is 5.91 Å². The molecule has 6 heteroatoms. The van der Waals surface area contributed by atoms with Crippen molar-refractivity contribution < 1.29 is 4.79 Å².